The van der Waals surface area contributed by atoms with E-state index in [0.29, 0.717) is 43.4 Å². The molecule has 0 bridgehead atoms. The van der Waals surface area contributed by atoms with Gasteiger partial charge in [-0.25, -0.2) is 4.39 Å². The van der Waals surface area contributed by atoms with Crippen LogP contribution in [0.3, 0.4) is 0 Å². The maximum atomic E-state index is 14.5. The van der Waals surface area contributed by atoms with Crippen LogP contribution in [0, 0.1) is 11.6 Å². The Morgan fingerprint density at radius 2 is 1.89 bits per heavy atom. The molecule has 0 atom stereocenters. The van der Waals surface area contributed by atoms with Crippen LogP contribution in [-0.4, -0.2) is 46.6 Å². The first-order valence-electron chi connectivity index (χ1n) is 9.08. The normalized spacial score (nSPS) is 15.4. The summed E-state index contributed by atoms with van der Waals surface area (Å²) in [5.74, 6) is -2.61. The fourth-order valence-electron chi connectivity index (χ4n) is 3.33. The number of hydrogen-bond acceptors (Lipinski definition) is 3. The van der Waals surface area contributed by atoms with Gasteiger partial charge in [-0.1, -0.05) is 6.08 Å². The van der Waals surface area contributed by atoms with Crippen molar-refractivity contribution in [1.82, 2.24) is 0 Å². The molecular weight excluding hydrogens is 392 g/mol. The van der Waals surface area contributed by atoms with Gasteiger partial charge in [0.2, 0.25) is 5.69 Å². The molecule has 6 nitrogen and oxygen atoms in total. The van der Waals surface area contributed by atoms with Gasteiger partial charge in [0.15, 0.2) is 11.5 Å². The maximum absolute atomic E-state index is 14.5. The predicted octanol–water partition coefficient (Wildman–Crippen LogP) is 3.78. The summed E-state index contributed by atoms with van der Waals surface area (Å²) in [6, 6.07) is 2.08. The van der Waals surface area contributed by atoms with Crippen molar-refractivity contribution in [3.05, 3.63) is 35.4 Å². The lowest BCUT2D eigenvalue weighted by molar-refractivity contribution is -0.440. The van der Waals surface area contributed by atoms with Crippen molar-refractivity contribution in [2.24, 2.45) is 0 Å². The Morgan fingerprint density at radius 1 is 1.18 bits per heavy atom. The van der Waals surface area contributed by atoms with E-state index in [1.807, 2.05) is 0 Å². The Kier molecular flexibility index (Phi) is 7.42. The van der Waals surface area contributed by atoms with E-state index in [-0.39, 0.29) is 24.3 Å². The second kappa shape index (κ2) is 9.38. The van der Waals surface area contributed by atoms with Crippen LogP contribution in [0.2, 0.25) is 0 Å². The van der Waals surface area contributed by atoms with E-state index in [9.17, 15) is 22.0 Å². The third-order valence-electron chi connectivity index (χ3n) is 4.61. The molecule has 0 aliphatic carbocycles. The number of benzene rings is 1. The average Bonchev–Trinajstić information content (AvgIpc) is 2.82. The van der Waals surface area contributed by atoms with Crippen molar-refractivity contribution in [2.45, 2.75) is 45.4 Å². The lowest BCUT2D eigenvalue weighted by Crippen LogP contribution is -2.12. The lowest BCUT2D eigenvalue weighted by Gasteiger charge is -2.03. The van der Waals surface area contributed by atoms with Gasteiger partial charge in [0, 0.05) is 25.8 Å². The number of carbonyl (C=O) groups is 1. The molecule has 0 spiro atoms. The molecule has 9 heteroatoms. The SMILES string of the molecule is CC1=[N+](CCCCCC(=O)O)c2c(F)cc(F)cc2/C1=C/CCCS(=O)(=O)O. The Bertz CT molecular complexity index is 922. The lowest BCUT2D eigenvalue weighted by atomic mass is 10.0. The molecule has 1 aromatic carbocycles. The standard InChI is InChI=1S/C19H23F2NO5S/c1-13-15(7-4-6-10-28(25,26)27)16-11-14(20)12-17(21)19(16)22(13)9-5-2-3-8-18(23)24/h7,11-12H,2-6,8-10H2,1H3,(H-,23,24,25,26,27)/p+1/b15-7+. The predicted molar refractivity (Wildman–Crippen MR) is 102 cm³/mol. The van der Waals surface area contributed by atoms with Crippen LogP contribution in [0.25, 0.3) is 5.57 Å². The second-order valence-electron chi connectivity index (χ2n) is 6.77. The Labute approximate surface area is 163 Å². The molecule has 1 aliphatic heterocycles. The molecule has 0 unspecified atom stereocenters. The van der Waals surface area contributed by atoms with E-state index in [1.54, 1.807) is 17.6 Å². The van der Waals surface area contributed by atoms with Crippen LogP contribution in [0.15, 0.2) is 18.2 Å². The van der Waals surface area contributed by atoms with Crippen LogP contribution >= 0.6 is 0 Å². The van der Waals surface area contributed by atoms with E-state index in [4.69, 9.17) is 9.66 Å². The van der Waals surface area contributed by atoms with E-state index in [1.165, 1.54) is 6.07 Å². The summed E-state index contributed by atoms with van der Waals surface area (Å²) in [5.41, 5.74) is 2.05. The molecule has 2 rings (SSSR count). The van der Waals surface area contributed by atoms with Crippen LogP contribution < -0.4 is 0 Å². The number of carboxylic acids is 1. The summed E-state index contributed by atoms with van der Waals surface area (Å²) in [5, 5.41) is 8.69. The highest BCUT2D eigenvalue weighted by atomic mass is 32.2. The zero-order valence-electron chi connectivity index (χ0n) is 15.6. The largest absolute Gasteiger partial charge is 0.481 e. The summed E-state index contributed by atoms with van der Waals surface area (Å²) in [6.45, 7) is 2.24. The van der Waals surface area contributed by atoms with E-state index < -0.39 is 27.7 Å². The number of rotatable bonds is 10. The third-order valence-corrected chi connectivity index (χ3v) is 5.41. The van der Waals surface area contributed by atoms with Crippen molar-refractivity contribution >= 4 is 33.1 Å². The fraction of sp³-hybridized carbons (Fsp3) is 0.474. The van der Waals surface area contributed by atoms with Gasteiger partial charge in [-0.3, -0.25) is 9.35 Å². The molecule has 0 fully saturated rings. The number of hydrogen-bond donors (Lipinski definition) is 2. The van der Waals surface area contributed by atoms with Crippen LogP contribution in [0.4, 0.5) is 14.5 Å². The van der Waals surface area contributed by atoms with Gasteiger partial charge in [0.25, 0.3) is 10.1 Å². The zero-order chi connectivity index (χ0) is 20.9. The molecule has 0 aromatic heterocycles. The van der Waals surface area contributed by atoms with Crippen LogP contribution in [-0.2, 0) is 14.9 Å². The first-order valence-corrected chi connectivity index (χ1v) is 10.7. The Morgan fingerprint density at radius 3 is 2.54 bits per heavy atom. The van der Waals surface area contributed by atoms with Crippen LogP contribution in [0.5, 0.6) is 0 Å². The summed E-state index contributed by atoms with van der Waals surface area (Å²) in [4.78, 5) is 10.6. The molecule has 28 heavy (non-hydrogen) atoms. The highest BCUT2D eigenvalue weighted by Crippen LogP contribution is 2.37. The van der Waals surface area contributed by atoms with Crippen molar-refractivity contribution < 1.29 is 36.2 Å². The molecule has 0 saturated carbocycles. The monoisotopic (exact) mass is 416 g/mol. The minimum Gasteiger partial charge on any atom is -0.481 e. The summed E-state index contributed by atoms with van der Waals surface area (Å²) in [7, 11) is -4.05. The first kappa shape index (κ1) is 22.2. The van der Waals surface area contributed by atoms with Gasteiger partial charge in [0.05, 0.1) is 16.9 Å². The molecule has 154 valence electrons. The molecule has 1 aromatic rings. The van der Waals surface area contributed by atoms with E-state index in [0.717, 1.165) is 11.8 Å². The Balaban J connectivity index is 2.21. The van der Waals surface area contributed by atoms with E-state index in [2.05, 4.69) is 0 Å². The number of unbranched alkanes of at least 4 members (excludes halogenated alkanes) is 3. The van der Waals surface area contributed by atoms with Gasteiger partial charge >= 0.3 is 5.97 Å². The zero-order valence-corrected chi connectivity index (χ0v) is 16.4. The Hall–Kier alpha value is -2.13. The topological polar surface area (TPSA) is 94.7 Å². The molecule has 2 N–H and O–H groups in total. The summed E-state index contributed by atoms with van der Waals surface area (Å²) in [6.07, 6.45) is 4.17. The number of carboxylic acid groups (broad SMARTS) is 1. The highest BCUT2D eigenvalue weighted by Gasteiger charge is 2.35. The summed E-state index contributed by atoms with van der Waals surface area (Å²) >= 11 is 0. The van der Waals surface area contributed by atoms with Gasteiger partial charge in [-0.15, -0.1) is 0 Å². The van der Waals surface area contributed by atoms with Gasteiger partial charge < -0.3 is 5.11 Å². The van der Waals surface area contributed by atoms with Gasteiger partial charge in [-0.2, -0.15) is 17.4 Å². The minimum atomic E-state index is -4.05. The van der Waals surface area contributed by atoms with E-state index >= 15 is 0 Å². The molecule has 0 saturated heterocycles. The molecule has 0 radical (unpaired) electrons. The number of nitrogens with zero attached hydrogens (tertiary/aromatic N) is 1. The first-order chi connectivity index (χ1) is 13.1. The molecule has 0 amide bonds. The number of allylic oxidation sites excluding steroid dienone is 2. The average molecular weight is 416 g/mol. The second-order valence-corrected chi connectivity index (χ2v) is 8.34. The number of aliphatic carboxylic acids is 1. The molecule has 1 aliphatic rings. The minimum absolute atomic E-state index is 0.0811. The number of fused-ring (bicyclic) bond motifs is 1. The fourth-order valence-corrected chi connectivity index (χ4v) is 3.86. The molecule has 1 heterocycles. The quantitative estimate of drug-likeness (QED) is 0.344. The number of halogens is 2. The van der Waals surface area contributed by atoms with Gasteiger partial charge in [-0.05, 0) is 31.7 Å². The van der Waals surface area contributed by atoms with Crippen molar-refractivity contribution in [3.63, 3.8) is 0 Å². The van der Waals surface area contributed by atoms with Crippen LogP contribution in [0.1, 0.15) is 51.0 Å². The highest BCUT2D eigenvalue weighted by molar-refractivity contribution is 7.85. The van der Waals surface area contributed by atoms with Crippen molar-refractivity contribution in [3.8, 4) is 0 Å². The molecular formula is C19H24F2NO5S+. The smallest absolute Gasteiger partial charge is 0.303 e. The third kappa shape index (κ3) is 5.93. The maximum Gasteiger partial charge on any atom is 0.303 e. The van der Waals surface area contributed by atoms with Gasteiger partial charge in [0.1, 0.15) is 12.4 Å². The summed E-state index contributed by atoms with van der Waals surface area (Å²) < 4.78 is 60.4. The van der Waals surface area contributed by atoms with Crippen molar-refractivity contribution in [1.29, 1.82) is 0 Å². The van der Waals surface area contributed by atoms with Crippen molar-refractivity contribution in [2.75, 3.05) is 12.3 Å².